The average Bonchev–Trinajstić information content (AvgIpc) is 3.05. The first-order chi connectivity index (χ1) is 12.4. The highest BCUT2D eigenvalue weighted by Gasteiger charge is 2.28. The van der Waals surface area contributed by atoms with Gasteiger partial charge in [-0.3, -0.25) is 4.90 Å². The molecule has 6 nitrogen and oxygen atoms in total. The number of anilines is 1. The lowest BCUT2D eigenvalue weighted by Gasteiger charge is -2.26. The van der Waals surface area contributed by atoms with Crippen molar-refractivity contribution in [1.82, 2.24) is 10.0 Å². The van der Waals surface area contributed by atoms with Crippen LogP contribution in [0.5, 0.6) is 0 Å². The molecule has 1 aliphatic heterocycles. The molecule has 0 unspecified atom stereocenters. The maximum Gasteiger partial charge on any atom is 0.322 e. The minimum absolute atomic E-state index is 0.0658. The third kappa shape index (κ3) is 4.20. The van der Waals surface area contributed by atoms with Crippen LogP contribution in [0.25, 0.3) is 0 Å². The van der Waals surface area contributed by atoms with Crippen molar-refractivity contribution in [3.63, 3.8) is 0 Å². The summed E-state index contributed by atoms with van der Waals surface area (Å²) in [6.07, 6.45) is 7.11. The molecular weight excluding hydrogens is 350 g/mol. The van der Waals surface area contributed by atoms with Gasteiger partial charge in [0.15, 0.2) is 0 Å². The topological polar surface area (TPSA) is 78.5 Å². The molecule has 1 heterocycles. The summed E-state index contributed by atoms with van der Waals surface area (Å²) < 4.78 is 27.6. The van der Waals surface area contributed by atoms with E-state index < -0.39 is 10.0 Å². The number of nitrogens with one attached hydrogen (secondary N) is 2. The number of nitrogens with zero attached hydrogens (tertiary/aromatic N) is 1. The third-order valence-corrected chi connectivity index (χ3v) is 6.99. The molecule has 0 spiro atoms. The zero-order valence-corrected chi connectivity index (χ0v) is 16.4. The van der Waals surface area contributed by atoms with Crippen molar-refractivity contribution < 1.29 is 13.2 Å². The molecule has 1 saturated carbocycles. The number of sulfonamides is 1. The first kappa shape index (κ1) is 19.2. The number of hydrogen-bond donors (Lipinski definition) is 2. The molecule has 2 amide bonds. The van der Waals surface area contributed by atoms with Crippen LogP contribution in [-0.2, 0) is 16.4 Å². The molecule has 1 aromatic rings. The lowest BCUT2D eigenvalue weighted by atomic mass is 9.96. The second-order valence-electron chi connectivity index (χ2n) is 7.41. The molecule has 0 radical (unpaired) electrons. The molecule has 2 N–H and O–H groups in total. The van der Waals surface area contributed by atoms with Crippen LogP contribution < -0.4 is 14.9 Å². The Morgan fingerprint density at radius 1 is 1.27 bits per heavy atom. The average molecular weight is 380 g/mol. The summed E-state index contributed by atoms with van der Waals surface area (Å²) in [5.41, 5.74) is 1.73. The second-order valence-corrected chi connectivity index (χ2v) is 9.12. The normalized spacial score (nSPS) is 19.2. The number of benzene rings is 1. The van der Waals surface area contributed by atoms with Gasteiger partial charge in [0.1, 0.15) is 0 Å². The van der Waals surface area contributed by atoms with Gasteiger partial charge in [-0.25, -0.2) is 17.9 Å². The molecule has 3 rings (SSSR count). The molecule has 144 valence electrons. The van der Waals surface area contributed by atoms with Crippen LogP contribution in [0.2, 0.25) is 0 Å². The maximum atomic E-state index is 12.6. The number of urea groups is 1. The van der Waals surface area contributed by atoms with E-state index >= 15 is 0 Å². The van der Waals surface area contributed by atoms with Gasteiger partial charge in [-0.1, -0.05) is 26.2 Å². The van der Waals surface area contributed by atoms with Crippen molar-refractivity contribution in [1.29, 1.82) is 0 Å². The Hall–Kier alpha value is -1.60. The molecular formula is C19H29N3O3S. The Balaban J connectivity index is 1.72. The van der Waals surface area contributed by atoms with Gasteiger partial charge in [0, 0.05) is 24.3 Å². The van der Waals surface area contributed by atoms with E-state index in [9.17, 15) is 13.2 Å². The molecule has 1 aliphatic carbocycles. The predicted octanol–water partition coefficient (Wildman–Crippen LogP) is 3.17. The summed E-state index contributed by atoms with van der Waals surface area (Å²) in [6, 6.07) is 5.15. The fourth-order valence-electron chi connectivity index (χ4n) is 3.67. The van der Waals surface area contributed by atoms with Crippen LogP contribution in [0.3, 0.4) is 0 Å². The fraction of sp³-hybridized carbons (Fsp3) is 0.632. The zero-order chi connectivity index (χ0) is 18.7. The number of carbonyl (C=O) groups is 1. The number of hydrogen-bond acceptors (Lipinski definition) is 3. The summed E-state index contributed by atoms with van der Waals surface area (Å²) in [5, 5.41) is 3.14. The van der Waals surface area contributed by atoms with Crippen LogP contribution in [-0.4, -0.2) is 33.1 Å². The largest absolute Gasteiger partial charge is 0.335 e. The van der Waals surface area contributed by atoms with Gasteiger partial charge in [0.2, 0.25) is 10.0 Å². The van der Waals surface area contributed by atoms with Crippen molar-refractivity contribution >= 4 is 21.7 Å². The van der Waals surface area contributed by atoms with Gasteiger partial charge in [0.05, 0.1) is 4.90 Å². The van der Waals surface area contributed by atoms with E-state index in [1.807, 2.05) is 13.8 Å². The summed E-state index contributed by atoms with van der Waals surface area (Å²) in [5.74, 6) is 0. The zero-order valence-electron chi connectivity index (χ0n) is 15.6. The Labute approximate surface area is 156 Å². The quantitative estimate of drug-likeness (QED) is 0.825. The molecule has 1 fully saturated rings. The smallest absolute Gasteiger partial charge is 0.322 e. The number of amides is 2. The summed E-state index contributed by atoms with van der Waals surface area (Å²) in [4.78, 5) is 14.6. The molecule has 26 heavy (non-hydrogen) atoms. The van der Waals surface area contributed by atoms with Gasteiger partial charge in [-0.2, -0.15) is 0 Å². The van der Waals surface area contributed by atoms with Crippen molar-refractivity contribution in [2.45, 2.75) is 75.8 Å². The van der Waals surface area contributed by atoms with E-state index in [4.69, 9.17) is 0 Å². The maximum absolute atomic E-state index is 12.6. The highest BCUT2D eigenvalue weighted by molar-refractivity contribution is 7.89. The van der Waals surface area contributed by atoms with Crippen LogP contribution in [0, 0.1) is 0 Å². The molecule has 1 atom stereocenters. The van der Waals surface area contributed by atoms with Crippen molar-refractivity contribution in [3.05, 3.63) is 23.8 Å². The second kappa shape index (κ2) is 7.96. The monoisotopic (exact) mass is 379 g/mol. The minimum Gasteiger partial charge on any atom is -0.335 e. The predicted molar refractivity (Wildman–Crippen MR) is 103 cm³/mol. The molecule has 7 heteroatoms. The summed E-state index contributed by atoms with van der Waals surface area (Å²) in [7, 11) is -3.52. The Bertz CT molecular complexity index is 757. The van der Waals surface area contributed by atoms with E-state index in [2.05, 4.69) is 10.0 Å². The van der Waals surface area contributed by atoms with Crippen LogP contribution in [0.15, 0.2) is 23.1 Å². The van der Waals surface area contributed by atoms with E-state index in [1.165, 1.54) is 19.3 Å². The van der Waals surface area contributed by atoms with Crippen molar-refractivity contribution in [3.8, 4) is 0 Å². The molecule has 0 aromatic heterocycles. The van der Waals surface area contributed by atoms with Crippen molar-refractivity contribution in [2.24, 2.45) is 0 Å². The fourth-order valence-corrected chi connectivity index (χ4v) is 5.05. The first-order valence-corrected chi connectivity index (χ1v) is 11.1. The van der Waals surface area contributed by atoms with Gasteiger partial charge < -0.3 is 5.32 Å². The highest BCUT2D eigenvalue weighted by Crippen LogP contribution is 2.30. The van der Waals surface area contributed by atoms with Gasteiger partial charge in [0.25, 0.3) is 0 Å². The number of carbonyl (C=O) groups excluding carboxylic acids is 1. The SMILES string of the molecule is CC[C@H](C)NS(=O)(=O)c1ccc2c(c1)CCN2C(=O)NC1CCCCC1. The lowest BCUT2D eigenvalue weighted by Crippen LogP contribution is -2.45. The molecule has 0 bridgehead atoms. The molecule has 2 aliphatic rings. The van der Waals surface area contributed by atoms with E-state index in [-0.39, 0.29) is 23.0 Å². The van der Waals surface area contributed by atoms with E-state index in [0.717, 1.165) is 30.5 Å². The lowest BCUT2D eigenvalue weighted by molar-refractivity contribution is 0.238. The molecule has 0 saturated heterocycles. The minimum atomic E-state index is -3.52. The van der Waals surface area contributed by atoms with E-state index in [1.54, 1.807) is 23.1 Å². The first-order valence-electron chi connectivity index (χ1n) is 9.64. The van der Waals surface area contributed by atoms with E-state index in [0.29, 0.717) is 13.0 Å². The van der Waals surface area contributed by atoms with Gasteiger partial charge in [-0.15, -0.1) is 0 Å². The highest BCUT2D eigenvalue weighted by atomic mass is 32.2. The van der Waals surface area contributed by atoms with Crippen LogP contribution >= 0.6 is 0 Å². The third-order valence-electron chi connectivity index (χ3n) is 5.40. The van der Waals surface area contributed by atoms with Crippen LogP contribution in [0.1, 0.15) is 57.9 Å². The van der Waals surface area contributed by atoms with Crippen LogP contribution in [0.4, 0.5) is 10.5 Å². The Morgan fingerprint density at radius 3 is 2.69 bits per heavy atom. The summed E-state index contributed by atoms with van der Waals surface area (Å²) >= 11 is 0. The summed E-state index contributed by atoms with van der Waals surface area (Å²) in [6.45, 7) is 4.39. The molecule has 1 aromatic carbocycles. The number of fused-ring (bicyclic) bond motifs is 1. The number of rotatable bonds is 5. The standard InChI is InChI=1S/C19H29N3O3S/c1-3-14(2)21-26(24,25)17-9-10-18-15(13-17)11-12-22(18)19(23)20-16-7-5-4-6-8-16/h9-10,13-14,16,21H,3-8,11-12H2,1-2H3,(H,20,23)/t14-/m0/s1. The van der Waals surface area contributed by atoms with Gasteiger partial charge >= 0.3 is 6.03 Å². The van der Waals surface area contributed by atoms with Gasteiger partial charge in [-0.05, 0) is 56.4 Å². The Morgan fingerprint density at radius 2 is 2.00 bits per heavy atom. The Kier molecular flexibility index (Phi) is 5.87. The van der Waals surface area contributed by atoms with Crippen molar-refractivity contribution in [2.75, 3.05) is 11.4 Å².